The Labute approximate surface area is 144 Å². The van der Waals surface area contributed by atoms with Crippen LogP contribution in [0.1, 0.15) is 50.8 Å². The minimum Gasteiger partial charge on any atom is -0.464 e. The molecule has 0 aliphatic carbocycles. The van der Waals surface area contributed by atoms with E-state index in [4.69, 9.17) is 4.74 Å². The number of carbonyl (C=O) groups excluding carboxylic acids is 1. The fraction of sp³-hybridized carbons (Fsp3) is 0.684. The monoisotopic (exact) mass is 334 g/mol. The van der Waals surface area contributed by atoms with E-state index < -0.39 is 6.04 Å². The molecule has 1 aliphatic heterocycles. The Morgan fingerprint density at radius 3 is 2.58 bits per heavy atom. The maximum Gasteiger partial charge on any atom is 0.329 e. The minimum atomic E-state index is -0.541. The normalized spacial score (nSPS) is 16.0. The molecular formula is C19H30N2O3. The molecule has 1 unspecified atom stereocenters. The molecule has 2 heterocycles. The van der Waals surface area contributed by atoms with Crippen molar-refractivity contribution in [1.82, 2.24) is 9.47 Å². The average molecular weight is 334 g/mol. The van der Waals surface area contributed by atoms with E-state index in [1.807, 2.05) is 13.1 Å². The molecule has 1 aliphatic rings. The Balaban J connectivity index is 2.26. The summed E-state index contributed by atoms with van der Waals surface area (Å²) in [5.74, 6) is -0.0111. The van der Waals surface area contributed by atoms with E-state index in [0.29, 0.717) is 18.9 Å². The molecule has 134 valence electrons. The molecule has 1 aromatic heterocycles. The summed E-state index contributed by atoms with van der Waals surface area (Å²) in [6.45, 7) is 11.5. The topological polar surface area (TPSA) is 51.5 Å². The summed E-state index contributed by atoms with van der Waals surface area (Å²) in [5.41, 5.74) is 2.02. The molecule has 0 spiro atoms. The number of aromatic nitrogens is 1. The zero-order chi connectivity index (χ0) is 17.7. The van der Waals surface area contributed by atoms with Gasteiger partial charge in [0.15, 0.2) is 0 Å². The van der Waals surface area contributed by atoms with Gasteiger partial charge in [-0.15, -0.1) is 0 Å². The highest BCUT2D eigenvalue weighted by Crippen LogP contribution is 2.20. The van der Waals surface area contributed by atoms with Crippen LogP contribution in [0.25, 0.3) is 0 Å². The number of rotatable bonds is 8. The highest BCUT2D eigenvalue weighted by molar-refractivity contribution is 5.74. The summed E-state index contributed by atoms with van der Waals surface area (Å²) < 4.78 is 6.78. The largest absolute Gasteiger partial charge is 0.464 e. The number of hydrogen-bond acceptors (Lipinski definition) is 4. The van der Waals surface area contributed by atoms with E-state index in [1.165, 1.54) is 6.42 Å². The lowest BCUT2D eigenvalue weighted by Crippen LogP contribution is -2.38. The Kier molecular flexibility index (Phi) is 6.60. The van der Waals surface area contributed by atoms with Crippen LogP contribution in [0.3, 0.4) is 0 Å². The first-order valence-corrected chi connectivity index (χ1v) is 9.03. The first-order valence-electron chi connectivity index (χ1n) is 9.03. The van der Waals surface area contributed by atoms with Crippen LogP contribution in [0, 0.1) is 12.8 Å². The predicted octanol–water partition coefficient (Wildman–Crippen LogP) is 2.56. The summed E-state index contributed by atoms with van der Waals surface area (Å²) >= 11 is 0. The van der Waals surface area contributed by atoms with Gasteiger partial charge in [-0.2, -0.15) is 0 Å². The van der Waals surface area contributed by atoms with Crippen molar-refractivity contribution < 1.29 is 9.53 Å². The predicted molar refractivity (Wildman–Crippen MR) is 95.3 cm³/mol. The highest BCUT2D eigenvalue weighted by atomic mass is 16.5. The van der Waals surface area contributed by atoms with Crippen LogP contribution in [0.15, 0.2) is 17.1 Å². The van der Waals surface area contributed by atoms with Gasteiger partial charge in [0.1, 0.15) is 6.04 Å². The molecule has 1 atom stereocenters. The third kappa shape index (κ3) is 4.69. The summed E-state index contributed by atoms with van der Waals surface area (Å²) in [5, 5.41) is 0. The third-order valence-electron chi connectivity index (χ3n) is 4.63. The van der Waals surface area contributed by atoms with Gasteiger partial charge in [0.2, 0.25) is 0 Å². The SMILES string of the molecule is CCOC(=O)C(CC(C)C)n1cc(CCN2CCC2)c(C)cc1=O. The molecule has 0 bridgehead atoms. The number of aryl methyl sites for hydroxylation is 1. The standard InChI is InChI=1S/C19H30N2O3/c1-5-24-19(23)17(11-14(2)3)21-13-16(15(4)12-18(21)22)7-10-20-8-6-9-20/h12-14,17H,5-11H2,1-4H3. The maximum absolute atomic E-state index is 12.5. The van der Waals surface area contributed by atoms with E-state index >= 15 is 0 Å². The van der Waals surface area contributed by atoms with Crippen molar-refractivity contribution in [1.29, 1.82) is 0 Å². The smallest absolute Gasteiger partial charge is 0.329 e. The fourth-order valence-electron chi connectivity index (χ4n) is 3.08. The quantitative estimate of drug-likeness (QED) is 0.686. The van der Waals surface area contributed by atoms with Crippen molar-refractivity contribution in [2.75, 3.05) is 26.2 Å². The molecule has 5 nitrogen and oxygen atoms in total. The zero-order valence-electron chi connectivity index (χ0n) is 15.4. The lowest BCUT2D eigenvalue weighted by Gasteiger charge is -2.31. The van der Waals surface area contributed by atoms with Crippen LogP contribution in [-0.2, 0) is 16.0 Å². The summed E-state index contributed by atoms with van der Waals surface area (Å²) in [6.07, 6.45) is 4.66. The summed E-state index contributed by atoms with van der Waals surface area (Å²) in [4.78, 5) is 27.2. The highest BCUT2D eigenvalue weighted by Gasteiger charge is 2.24. The van der Waals surface area contributed by atoms with Crippen molar-refractivity contribution in [3.05, 3.63) is 33.7 Å². The number of pyridine rings is 1. The molecular weight excluding hydrogens is 304 g/mol. The van der Waals surface area contributed by atoms with E-state index in [1.54, 1.807) is 17.6 Å². The van der Waals surface area contributed by atoms with E-state index in [0.717, 1.165) is 37.2 Å². The van der Waals surface area contributed by atoms with E-state index in [2.05, 4.69) is 18.7 Å². The molecule has 1 fully saturated rings. The van der Waals surface area contributed by atoms with Crippen LogP contribution in [0.2, 0.25) is 0 Å². The van der Waals surface area contributed by atoms with E-state index in [-0.39, 0.29) is 11.5 Å². The van der Waals surface area contributed by atoms with Crippen molar-refractivity contribution in [3.63, 3.8) is 0 Å². The molecule has 24 heavy (non-hydrogen) atoms. The van der Waals surface area contributed by atoms with Crippen molar-refractivity contribution in [2.24, 2.45) is 5.92 Å². The second kappa shape index (κ2) is 8.47. The van der Waals surface area contributed by atoms with Crippen LogP contribution < -0.4 is 5.56 Å². The van der Waals surface area contributed by atoms with Crippen LogP contribution in [0.5, 0.6) is 0 Å². The maximum atomic E-state index is 12.5. The molecule has 5 heteroatoms. The molecule has 1 saturated heterocycles. The lowest BCUT2D eigenvalue weighted by molar-refractivity contribution is -0.147. The van der Waals surface area contributed by atoms with Gasteiger partial charge in [-0.3, -0.25) is 4.79 Å². The van der Waals surface area contributed by atoms with Crippen molar-refractivity contribution in [2.45, 2.75) is 53.0 Å². The Hall–Kier alpha value is -1.62. The Bertz CT molecular complexity index is 618. The van der Waals surface area contributed by atoms with Gasteiger partial charge in [0.05, 0.1) is 6.61 Å². The number of carbonyl (C=O) groups is 1. The first kappa shape index (κ1) is 18.7. The molecule has 0 N–H and O–H groups in total. The number of likely N-dealkylation sites (tertiary alicyclic amines) is 1. The van der Waals surface area contributed by atoms with Gasteiger partial charge in [-0.05, 0) is 63.2 Å². The van der Waals surface area contributed by atoms with Gasteiger partial charge in [-0.25, -0.2) is 4.79 Å². The zero-order valence-corrected chi connectivity index (χ0v) is 15.4. The molecule has 0 saturated carbocycles. The fourth-order valence-corrected chi connectivity index (χ4v) is 3.08. The van der Waals surface area contributed by atoms with Crippen molar-refractivity contribution >= 4 is 5.97 Å². The first-order chi connectivity index (χ1) is 11.4. The van der Waals surface area contributed by atoms with Gasteiger partial charge in [0.25, 0.3) is 5.56 Å². The number of nitrogens with zero attached hydrogens (tertiary/aromatic N) is 2. The number of ether oxygens (including phenoxy) is 1. The molecule has 0 radical (unpaired) electrons. The number of hydrogen-bond donors (Lipinski definition) is 0. The summed E-state index contributed by atoms with van der Waals surface area (Å²) in [6, 6.07) is 1.11. The van der Waals surface area contributed by atoms with Gasteiger partial charge in [-0.1, -0.05) is 13.8 Å². The van der Waals surface area contributed by atoms with Gasteiger partial charge >= 0.3 is 5.97 Å². The Morgan fingerprint density at radius 1 is 1.33 bits per heavy atom. The molecule has 0 aromatic carbocycles. The minimum absolute atomic E-state index is 0.126. The van der Waals surface area contributed by atoms with Crippen LogP contribution in [-0.4, -0.2) is 41.7 Å². The third-order valence-corrected chi connectivity index (χ3v) is 4.63. The molecule has 1 aromatic rings. The second-order valence-electron chi connectivity index (χ2n) is 7.07. The Morgan fingerprint density at radius 2 is 2.04 bits per heavy atom. The van der Waals surface area contributed by atoms with Crippen LogP contribution >= 0.6 is 0 Å². The van der Waals surface area contributed by atoms with E-state index in [9.17, 15) is 9.59 Å². The summed E-state index contributed by atoms with van der Waals surface area (Å²) in [7, 11) is 0. The molecule has 0 amide bonds. The van der Waals surface area contributed by atoms with Crippen LogP contribution in [0.4, 0.5) is 0 Å². The number of esters is 1. The second-order valence-corrected chi connectivity index (χ2v) is 7.07. The lowest BCUT2D eigenvalue weighted by atomic mass is 10.0. The van der Waals surface area contributed by atoms with Gasteiger partial charge in [0, 0.05) is 18.8 Å². The van der Waals surface area contributed by atoms with Crippen molar-refractivity contribution in [3.8, 4) is 0 Å². The molecule has 2 rings (SSSR count). The van der Waals surface area contributed by atoms with Gasteiger partial charge < -0.3 is 14.2 Å². The average Bonchev–Trinajstić information content (AvgIpc) is 2.45.